The number of hydrogen-bond donors (Lipinski definition) is 0. The largest absolute Gasteiger partial charge is 0.497 e. The van der Waals surface area contributed by atoms with Crippen molar-refractivity contribution < 1.29 is 9.53 Å². The maximum atomic E-state index is 13.3. The number of amides is 1. The predicted octanol–water partition coefficient (Wildman–Crippen LogP) is 4.08. The van der Waals surface area contributed by atoms with Crippen LogP contribution in [0.2, 0.25) is 0 Å². The lowest BCUT2D eigenvalue weighted by Crippen LogP contribution is -2.39. The molecule has 1 saturated carbocycles. The zero-order valence-electron chi connectivity index (χ0n) is 15.6. The van der Waals surface area contributed by atoms with Gasteiger partial charge in [-0.1, -0.05) is 24.3 Å². The third-order valence-corrected chi connectivity index (χ3v) is 5.24. The molecule has 1 aliphatic rings. The van der Waals surface area contributed by atoms with E-state index in [9.17, 15) is 4.79 Å². The number of para-hydroxylation sites is 2. The lowest BCUT2D eigenvalue weighted by molar-refractivity contribution is 0.0648. The third kappa shape index (κ3) is 3.77. The fourth-order valence-electron chi connectivity index (χ4n) is 3.37. The molecule has 5 nitrogen and oxygen atoms in total. The van der Waals surface area contributed by atoms with Gasteiger partial charge in [0.05, 0.1) is 24.3 Å². The standard InChI is InChI=1S/C22H23N3O2/c1-15(17-9-10-17)25(14-16-7-11-18(27-2)12-8-16)22(26)21-13-23-19-5-3-4-6-20(19)24-21/h3-8,11-13,15,17H,9-10,14H2,1-2H3. The van der Waals surface area contributed by atoms with Crippen molar-refractivity contribution in [2.45, 2.75) is 32.4 Å². The second-order valence-electron chi connectivity index (χ2n) is 7.10. The van der Waals surface area contributed by atoms with Crippen LogP contribution in [0, 0.1) is 5.92 Å². The first-order valence-electron chi connectivity index (χ1n) is 9.31. The van der Waals surface area contributed by atoms with Crippen molar-refractivity contribution in [2.75, 3.05) is 7.11 Å². The van der Waals surface area contributed by atoms with E-state index in [2.05, 4.69) is 16.9 Å². The second-order valence-corrected chi connectivity index (χ2v) is 7.10. The fourth-order valence-corrected chi connectivity index (χ4v) is 3.37. The van der Waals surface area contributed by atoms with E-state index in [0.717, 1.165) is 22.3 Å². The van der Waals surface area contributed by atoms with E-state index in [1.54, 1.807) is 13.3 Å². The van der Waals surface area contributed by atoms with Gasteiger partial charge in [0.25, 0.3) is 5.91 Å². The number of hydrogen-bond acceptors (Lipinski definition) is 4. The maximum absolute atomic E-state index is 13.3. The molecular formula is C22H23N3O2. The Morgan fingerprint density at radius 3 is 2.52 bits per heavy atom. The molecule has 0 spiro atoms. The Balaban J connectivity index is 1.62. The Morgan fingerprint density at radius 1 is 1.15 bits per heavy atom. The number of ether oxygens (including phenoxy) is 1. The van der Waals surface area contributed by atoms with Crippen LogP contribution in [0.3, 0.4) is 0 Å². The lowest BCUT2D eigenvalue weighted by Gasteiger charge is -2.29. The van der Waals surface area contributed by atoms with Gasteiger partial charge >= 0.3 is 0 Å². The molecule has 5 heteroatoms. The summed E-state index contributed by atoms with van der Waals surface area (Å²) in [6.07, 6.45) is 3.94. The van der Waals surface area contributed by atoms with Gasteiger partial charge in [0, 0.05) is 12.6 Å². The molecule has 1 unspecified atom stereocenters. The van der Waals surface area contributed by atoms with Crippen molar-refractivity contribution in [3.8, 4) is 5.75 Å². The minimum atomic E-state index is -0.0662. The summed E-state index contributed by atoms with van der Waals surface area (Å²) in [5.41, 5.74) is 3.01. The van der Waals surface area contributed by atoms with Crippen LogP contribution in [-0.2, 0) is 6.54 Å². The molecule has 1 amide bonds. The van der Waals surface area contributed by atoms with E-state index >= 15 is 0 Å². The number of methoxy groups -OCH3 is 1. The SMILES string of the molecule is COc1ccc(CN(C(=O)c2cnc3ccccc3n2)C(C)C2CC2)cc1. The number of carbonyl (C=O) groups is 1. The Hall–Kier alpha value is -2.95. The quantitative estimate of drug-likeness (QED) is 0.664. The molecular weight excluding hydrogens is 338 g/mol. The summed E-state index contributed by atoms with van der Waals surface area (Å²) in [6, 6.07) is 15.7. The second kappa shape index (κ2) is 7.35. The number of nitrogens with zero attached hydrogens (tertiary/aromatic N) is 3. The van der Waals surface area contributed by atoms with E-state index in [1.165, 1.54) is 12.8 Å². The molecule has 1 atom stereocenters. The highest BCUT2D eigenvalue weighted by molar-refractivity contribution is 5.94. The predicted molar refractivity (Wildman–Crippen MR) is 105 cm³/mol. The molecule has 1 fully saturated rings. The van der Waals surface area contributed by atoms with Gasteiger partial charge in [0.2, 0.25) is 0 Å². The van der Waals surface area contributed by atoms with Gasteiger partial charge in [-0.25, -0.2) is 4.98 Å². The van der Waals surface area contributed by atoms with Crippen LogP contribution < -0.4 is 4.74 Å². The number of fused-ring (bicyclic) bond motifs is 1. The Bertz CT molecular complexity index is 951. The topological polar surface area (TPSA) is 55.3 Å². The third-order valence-electron chi connectivity index (χ3n) is 5.24. The number of benzene rings is 2. The Labute approximate surface area is 159 Å². The van der Waals surface area contributed by atoms with Crippen LogP contribution in [0.5, 0.6) is 5.75 Å². The molecule has 0 bridgehead atoms. The van der Waals surface area contributed by atoms with Gasteiger partial charge in [0.1, 0.15) is 11.4 Å². The molecule has 0 radical (unpaired) electrons. The highest BCUT2D eigenvalue weighted by atomic mass is 16.5. The molecule has 1 aromatic heterocycles. The molecule has 1 aliphatic carbocycles. The minimum absolute atomic E-state index is 0.0662. The van der Waals surface area contributed by atoms with Gasteiger partial charge in [-0.05, 0) is 55.5 Å². The van der Waals surface area contributed by atoms with Crippen LogP contribution in [0.4, 0.5) is 0 Å². The van der Waals surface area contributed by atoms with Gasteiger partial charge < -0.3 is 9.64 Å². The Kier molecular flexibility index (Phi) is 4.75. The van der Waals surface area contributed by atoms with Gasteiger partial charge in [-0.2, -0.15) is 0 Å². The van der Waals surface area contributed by atoms with Crippen LogP contribution >= 0.6 is 0 Å². The first-order chi connectivity index (χ1) is 13.2. The van der Waals surface area contributed by atoms with Crippen molar-refractivity contribution in [3.05, 3.63) is 66.0 Å². The lowest BCUT2D eigenvalue weighted by atomic mass is 10.1. The highest BCUT2D eigenvalue weighted by Crippen LogP contribution is 2.36. The van der Waals surface area contributed by atoms with Crippen LogP contribution in [0.1, 0.15) is 35.8 Å². The van der Waals surface area contributed by atoms with Crippen LogP contribution in [-0.4, -0.2) is 33.9 Å². The van der Waals surface area contributed by atoms with Crippen molar-refractivity contribution in [3.63, 3.8) is 0 Å². The first kappa shape index (κ1) is 17.5. The van der Waals surface area contributed by atoms with Crippen LogP contribution in [0.15, 0.2) is 54.7 Å². The van der Waals surface area contributed by atoms with Gasteiger partial charge in [-0.3, -0.25) is 9.78 Å². The summed E-state index contributed by atoms with van der Waals surface area (Å²) in [7, 11) is 1.65. The minimum Gasteiger partial charge on any atom is -0.497 e. The Morgan fingerprint density at radius 2 is 1.85 bits per heavy atom. The monoisotopic (exact) mass is 361 g/mol. The zero-order valence-corrected chi connectivity index (χ0v) is 15.6. The number of rotatable bonds is 6. The van der Waals surface area contributed by atoms with E-state index in [0.29, 0.717) is 18.2 Å². The molecule has 4 rings (SSSR count). The van der Waals surface area contributed by atoms with Crippen LogP contribution in [0.25, 0.3) is 11.0 Å². The summed E-state index contributed by atoms with van der Waals surface area (Å²) in [5.74, 6) is 1.32. The molecule has 2 aromatic carbocycles. The van der Waals surface area contributed by atoms with Gasteiger partial charge in [0.15, 0.2) is 0 Å². The van der Waals surface area contributed by atoms with Crippen molar-refractivity contribution in [2.24, 2.45) is 5.92 Å². The number of aromatic nitrogens is 2. The molecule has 138 valence electrons. The van der Waals surface area contributed by atoms with E-state index in [1.807, 2.05) is 53.4 Å². The first-order valence-corrected chi connectivity index (χ1v) is 9.31. The van der Waals surface area contributed by atoms with E-state index < -0.39 is 0 Å². The summed E-state index contributed by atoms with van der Waals surface area (Å²) in [5, 5.41) is 0. The average Bonchev–Trinajstić information content (AvgIpc) is 3.56. The summed E-state index contributed by atoms with van der Waals surface area (Å²) >= 11 is 0. The molecule has 0 aliphatic heterocycles. The molecule has 27 heavy (non-hydrogen) atoms. The summed E-state index contributed by atoms with van der Waals surface area (Å²) in [4.78, 5) is 24.2. The maximum Gasteiger partial charge on any atom is 0.274 e. The van der Waals surface area contributed by atoms with Crippen molar-refractivity contribution >= 4 is 16.9 Å². The summed E-state index contributed by atoms with van der Waals surface area (Å²) < 4.78 is 5.23. The highest BCUT2D eigenvalue weighted by Gasteiger charge is 2.35. The molecule has 0 N–H and O–H groups in total. The van der Waals surface area contributed by atoms with Crippen molar-refractivity contribution in [1.29, 1.82) is 0 Å². The molecule has 1 heterocycles. The zero-order chi connectivity index (χ0) is 18.8. The average molecular weight is 361 g/mol. The summed E-state index contributed by atoms with van der Waals surface area (Å²) in [6.45, 7) is 2.68. The van der Waals surface area contributed by atoms with E-state index in [-0.39, 0.29) is 11.9 Å². The fraction of sp³-hybridized carbons (Fsp3) is 0.318. The smallest absolute Gasteiger partial charge is 0.274 e. The van der Waals surface area contributed by atoms with E-state index in [4.69, 9.17) is 4.74 Å². The number of carbonyl (C=O) groups excluding carboxylic acids is 1. The van der Waals surface area contributed by atoms with Gasteiger partial charge in [-0.15, -0.1) is 0 Å². The normalized spacial score (nSPS) is 14.7. The van der Waals surface area contributed by atoms with Crippen molar-refractivity contribution in [1.82, 2.24) is 14.9 Å². The molecule has 0 saturated heterocycles. The molecule has 3 aromatic rings.